The second kappa shape index (κ2) is 9.86. The van der Waals surface area contributed by atoms with Crippen molar-refractivity contribution in [1.82, 2.24) is 0 Å². The van der Waals surface area contributed by atoms with E-state index in [1.54, 1.807) is 0 Å². The zero-order valence-electron chi connectivity index (χ0n) is 9.39. The summed E-state index contributed by atoms with van der Waals surface area (Å²) in [7, 11) is 0. The summed E-state index contributed by atoms with van der Waals surface area (Å²) in [5.74, 6) is -0.476. The highest BCUT2D eigenvalue weighted by Gasteiger charge is 2.23. The Morgan fingerprint density at radius 1 is 1.29 bits per heavy atom. The van der Waals surface area contributed by atoms with Crippen LogP contribution in [0.2, 0.25) is 0 Å². The molecule has 0 aromatic rings. The summed E-state index contributed by atoms with van der Waals surface area (Å²) >= 11 is 5.19. The van der Waals surface area contributed by atoms with Crippen molar-refractivity contribution in [3.05, 3.63) is 25.3 Å². The average Bonchev–Trinajstić information content (AvgIpc) is 3.17. The van der Waals surface area contributed by atoms with Gasteiger partial charge in [-0.25, -0.2) is 9.59 Å². The molecule has 0 aliphatic carbocycles. The van der Waals surface area contributed by atoms with Crippen molar-refractivity contribution in [2.75, 3.05) is 25.7 Å². The van der Waals surface area contributed by atoms with Gasteiger partial charge in [0, 0.05) is 12.2 Å². The van der Waals surface area contributed by atoms with E-state index in [2.05, 4.69) is 22.6 Å². The van der Waals surface area contributed by atoms with Gasteiger partial charge in [0.05, 0.1) is 12.5 Å². The van der Waals surface area contributed by atoms with Crippen LogP contribution in [0, 0.1) is 0 Å². The van der Waals surface area contributed by atoms with E-state index in [4.69, 9.17) is 16.3 Å². The molecule has 6 heteroatoms. The van der Waals surface area contributed by atoms with E-state index in [1.165, 1.54) is 0 Å². The molecule has 1 aliphatic rings. The molecule has 1 saturated heterocycles. The number of rotatable bonds is 6. The maximum atomic E-state index is 10.3. The van der Waals surface area contributed by atoms with Crippen molar-refractivity contribution < 1.29 is 23.8 Å². The highest BCUT2D eigenvalue weighted by Crippen LogP contribution is 2.08. The van der Waals surface area contributed by atoms with Crippen molar-refractivity contribution in [3.8, 4) is 0 Å². The van der Waals surface area contributed by atoms with E-state index >= 15 is 0 Å². The molecule has 1 aliphatic heterocycles. The minimum atomic E-state index is -0.425. The number of esters is 2. The fourth-order valence-electron chi connectivity index (χ4n) is 0.596. The van der Waals surface area contributed by atoms with Gasteiger partial charge in [-0.2, -0.15) is 0 Å². The van der Waals surface area contributed by atoms with Gasteiger partial charge in [0.2, 0.25) is 0 Å². The predicted molar refractivity (Wildman–Crippen MR) is 62.8 cm³/mol. The molecule has 0 aromatic carbocycles. The quantitative estimate of drug-likeness (QED) is 0.310. The highest BCUT2D eigenvalue weighted by molar-refractivity contribution is 6.18. The summed E-state index contributed by atoms with van der Waals surface area (Å²) in [6.07, 6.45) is 2.39. The van der Waals surface area contributed by atoms with Gasteiger partial charge >= 0.3 is 11.9 Å². The zero-order valence-corrected chi connectivity index (χ0v) is 10.1. The topological polar surface area (TPSA) is 65.1 Å². The lowest BCUT2D eigenvalue weighted by Gasteiger charge is -1.94. The standard InChI is InChI=1S/C6H8O3.C5H7ClO2/c1-2-6(7)9-4-5-3-8-5;1-2-5(7)8-4-3-6/h2,5H,1,3-4H2;2H,1,3-4H2. The Morgan fingerprint density at radius 2 is 1.82 bits per heavy atom. The normalized spacial score (nSPS) is 15.9. The Hall–Kier alpha value is -1.33. The molecule has 96 valence electrons. The molecule has 0 saturated carbocycles. The Balaban J connectivity index is 0.000000304. The minimum Gasteiger partial charge on any atom is -0.461 e. The number of carbonyl (C=O) groups is 2. The molecule has 0 N–H and O–H groups in total. The molecular formula is C11H15ClO5. The summed E-state index contributed by atoms with van der Waals surface area (Å²) in [6.45, 7) is 7.77. The maximum Gasteiger partial charge on any atom is 0.330 e. The molecule has 0 spiro atoms. The lowest BCUT2D eigenvalue weighted by atomic mass is 10.5. The Labute approximate surface area is 105 Å². The van der Waals surface area contributed by atoms with Crippen molar-refractivity contribution in [2.24, 2.45) is 0 Å². The third-order valence-electron chi connectivity index (χ3n) is 1.47. The van der Waals surface area contributed by atoms with Crippen LogP contribution in [0.5, 0.6) is 0 Å². The van der Waals surface area contributed by atoms with Crippen LogP contribution in [-0.2, 0) is 23.8 Å². The number of alkyl halides is 1. The third-order valence-corrected chi connectivity index (χ3v) is 1.62. The largest absolute Gasteiger partial charge is 0.461 e. The van der Waals surface area contributed by atoms with Gasteiger partial charge in [0.15, 0.2) is 0 Å². The van der Waals surface area contributed by atoms with Crippen molar-refractivity contribution >= 4 is 23.5 Å². The second-order valence-corrected chi connectivity index (χ2v) is 3.23. The van der Waals surface area contributed by atoms with E-state index in [0.29, 0.717) is 19.1 Å². The van der Waals surface area contributed by atoms with E-state index in [-0.39, 0.29) is 18.7 Å². The number of hydrogen-bond donors (Lipinski definition) is 0. The first-order valence-electron chi connectivity index (χ1n) is 4.90. The fourth-order valence-corrected chi connectivity index (χ4v) is 0.674. The van der Waals surface area contributed by atoms with Crippen LogP contribution in [0.1, 0.15) is 0 Å². The summed E-state index contributed by atoms with van der Waals surface area (Å²) in [5.41, 5.74) is 0. The van der Waals surface area contributed by atoms with Gasteiger partial charge in [-0.3, -0.25) is 0 Å². The zero-order chi connectivity index (χ0) is 13.1. The molecule has 1 atom stereocenters. The fraction of sp³-hybridized carbons (Fsp3) is 0.455. The van der Waals surface area contributed by atoms with Crippen LogP contribution in [-0.4, -0.2) is 43.7 Å². The van der Waals surface area contributed by atoms with Crippen LogP contribution in [0.4, 0.5) is 0 Å². The van der Waals surface area contributed by atoms with Crippen LogP contribution < -0.4 is 0 Å². The van der Waals surface area contributed by atoms with Gasteiger partial charge in [0.1, 0.15) is 19.3 Å². The van der Waals surface area contributed by atoms with Crippen molar-refractivity contribution in [1.29, 1.82) is 0 Å². The van der Waals surface area contributed by atoms with E-state index in [9.17, 15) is 9.59 Å². The smallest absolute Gasteiger partial charge is 0.330 e. The number of ether oxygens (including phenoxy) is 3. The summed E-state index contributed by atoms with van der Waals surface area (Å²) < 4.78 is 13.9. The molecule has 0 radical (unpaired) electrons. The molecular weight excluding hydrogens is 248 g/mol. The van der Waals surface area contributed by atoms with Crippen LogP contribution >= 0.6 is 11.6 Å². The molecule has 17 heavy (non-hydrogen) atoms. The van der Waals surface area contributed by atoms with Gasteiger partial charge < -0.3 is 14.2 Å². The Bertz CT molecular complexity index is 273. The van der Waals surface area contributed by atoms with Crippen LogP contribution in [0.3, 0.4) is 0 Å². The average molecular weight is 263 g/mol. The summed E-state index contributed by atoms with van der Waals surface area (Å²) in [6, 6.07) is 0. The van der Waals surface area contributed by atoms with Crippen LogP contribution in [0.15, 0.2) is 25.3 Å². The molecule has 5 nitrogen and oxygen atoms in total. The highest BCUT2D eigenvalue weighted by atomic mass is 35.5. The van der Waals surface area contributed by atoms with Gasteiger partial charge in [-0.1, -0.05) is 13.2 Å². The first-order chi connectivity index (χ1) is 8.13. The lowest BCUT2D eigenvalue weighted by molar-refractivity contribution is -0.138. The number of hydrogen-bond acceptors (Lipinski definition) is 5. The Kier molecular flexibility index (Phi) is 9.09. The molecule has 1 fully saturated rings. The van der Waals surface area contributed by atoms with Gasteiger partial charge in [-0.15, -0.1) is 11.6 Å². The van der Waals surface area contributed by atoms with E-state index in [1.807, 2.05) is 0 Å². The second-order valence-electron chi connectivity index (χ2n) is 2.85. The maximum absolute atomic E-state index is 10.3. The summed E-state index contributed by atoms with van der Waals surface area (Å²) in [4.78, 5) is 20.5. The molecule has 0 bridgehead atoms. The number of carbonyl (C=O) groups excluding carboxylic acids is 2. The molecule has 1 heterocycles. The molecule has 1 unspecified atom stereocenters. The van der Waals surface area contributed by atoms with Crippen LogP contribution in [0.25, 0.3) is 0 Å². The number of halogens is 1. The summed E-state index contributed by atoms with van der Waals surface area (Å²) in [5, 5.41) is 0. The van der Waals surface area contributed by atoms with Crippen molar-refractivity contribution in [3.63, 3.8) is 0 Å². The molecule has 0 amide bonds. The van der Waals surface area contributed by atoms with E-state index < -0.39 is 5.97 Å². The third kappa shape index (κ3) is 10.9. The first kappa shape index (κ1) is 15.7. The first-order valence-corrected chi connectivity index (χ1v) is 5.43. The van der Waals surface area contributed by atoms with Gasteiger partial charge in [-0.05, 0) is 0 Å². The SMILES string of the molecule is C=CC(=O)OCC1CO1.C=CC(=O)OCCCl. The molecule has 1 rings (SSSR count). The minimum absolute atomic E-state index is 0.147. The monoisotopic (exact) mass is 262 g/mol. The predicted octanol–water partition coefficient (Wildman–Crippen LogP) is 1.07. The van der Waals surface area contributed by atoms with Crippen molar-refractivity contribution in [2.45, 2.75) is 6.10 Å². The molecule has 0 aromatic heterocycles. The Morgan fingerprint density at radius 3 is 2.24 bits per heavy atom. The number of epoxide rings is 1. The van der Waals surface area contributed by atoms with Gasteiger partial charge in [0.25, 0.3) is 0 Å². The van der Waals surface area contributed by atoms with E-state index in [0.717, 1.165) is 12.2 Å². The lowest BCUT2D eigenvalue weighted by Crippen LogP contribution is -2.06.